The molecule has 7 heteroatoms. The van der Waals surface area contributed by atoms with E-state index in [1.807, 2.05) is 59.3 Å². The van der Waals surface area contributed by atoms with Crippen LogP contribution in [0.4, 0.5) is 0 Å². The molecule has 0 amide bonds. The van der Waals surface area contributed by atoms with Crippen molar-refractivity contribution < 1.29 is 4.74 Å². The Morgan fingerprint density at radius 1 is 0.971 bits per heavy atom. The van der Waals surface area contributed by atoms with Crippen LogP contribution in [0.1, 0.15) is 49.9 Å². The van der Waals surface area contributed by atoms with E-state index in [2.05, 4.69) is 15.5 Å². The third-order valence-corrected chi connectivity index (χ3v) is 6.72. The van der Waals surface area contributed by atoms with Crippen LogP contribution in [0.3, 0.4) is 0 Å². The summed E-state index contributed by atoms with van der Waals surface area (Å²) >= 11 is 0. The van der Waals surface area contributed by atoms with Crippen LogP contribution in [-0.2, 0) is 19.5 Å². The van der Waals surface area contributed by atoms with E-state index in [1.54, 1.807) is 10.6 Å². The second kappa shape index (κ2) is 10.6. The Hall–Kier alpha value is -3.48. The first kappa shape index (κ1) is 22.3. The van der Waals surface area contributed by atoms with Gasteiger partial charge in [-0.1, -0.05) is 49.6 Å². The molecule has 0 saturated heterocycles. The first-order chi connectivity index (χ1) is 16.8. The van der Waals surface area contributed by atoms with Gasteiger partial charge < -0.3 is 9.30 Å². The van der Waals surface area contributed by atoms with Crippen molar-refractivity contribution in [3.63, 3.8) is 0 Å². The van der Waals surface area contributed by atoms with Gasteiger partial charge in [0.2, 0.25) is 0 Å². The number of aromatic nitrogens is 5. The maximum absolute atomic E-state index is 12.5. The van der Waals surface area contributed by atoms with Gasteiger partial charge in [0, 0.05) is 24.4 Å². The lowest BCUT2D eigenvalue weighted by atomic mass is 9.89. The van der Waals surface area contributed by atoms with Crippen LogP contribution in [0.2, 0.25) is 0 Å². The first-order valence-corrected chi connectivity index (χ1v) is 12.3. The number of fused-ring (bicyclic) bond motifs is 1. The van der Waals surface area contributed by atoms with Crippen LogP contribution < -0.4 is 10.3 Å². The lowest BCUT2D eigenvalue weighted by Gasteiger charge is -2.21. The molecule has 0 N–H and O–H groups in total. The van der Waals surface area contributed by atoms with Gasteiger partial charge in [0.15, 0.2) is 5.82 Å². The van der Waals surface area contributed by atoms with E-state index in [0.29, 0.717) is 19.1 Å². The molecule has 1 aliphatic rings. The fourth-order valence-electron chi connectivity index (χ4n) is 4.88. The van der Waals surface area contributed by atoms with Crippen LogP contribution in [0.5, 0.6) is 5.75 Å². The number of aryl methyl sites for hydroxylation is 1. The average molecular weight is 458 g/mol. The van der Waals surface area contributed by atoms with Crippen LogP contribution in [0.25, 0.3) is 10.9 Å². The van der Waals surface area contributed by atoms with Crippen LogP contribution in [-0.4, -0.2) is 31.4 Å². The molecule has 2 aromatic carbocycles. The Bertz CT molecular complexity index is 1280. The smallest absolute Gasteiger partial charge is 0.251 e. The quantitative estimate of drug-likeness (QED) is 0.343. The third-order valence-electron chi connectivity index (χ3n) is 6.72. The van der Waals surface area contributed by atoms with Gasteiger partial charge in [-0.2, -0.15) is 0 Å². The topological polar surface area (TPSA) is 74.8 Å². The SMILES string of the molecule is O=c1ccc2cc(OCCCc3nnnn3CC3CCCCC3)ccc2n1Cc1ccccc1. The predicted octanol–water partition coefficient (Wildman–Crippen LogP) is 4.63. The monoisotopic (exact) mass is 457 g/mol. The minimum atomic E-state index is -0.00373. The van der Waals surface area contributed by atoms with Gasteiger partial charge in [-0.25, -0.2) is 4.68 Å². The molecule has 1 fully saturated rings. The average Bonchev–Trinajstić information content (AvgIpc) is 3.31. The van der Waals surface area contributed by atoms with Gasteiger partial charge in [0.05, 0.1) is 18.7 Å². The summed E-state index contributed by atoms with van der Waals surface area (Å²) in [6, 6.07) is 19.4. The lowest BCUT2D eigenvalue weighted by Crippen LogP contribution is -2.19. The molecule has 2 heterocycles. The lowest BCUT2D eigenvalue weighted by molar-refractivity contribution is 0.294. The molecule has 0 aliphatic heterocycles. The molecule has 0 radical (unpaired) electrons. The van der Waals surface area contributed by atoms with Crippen molar-refractivity contribution >= 4 is 10.9 Å². The summed E-state index contributed by atoms with van der Waals surface area (Å²) in [6.45, 7) is 2.07. The van der Waals surface area contributed by atoms with E-state index in [1.165, 1.54) is 32.1 Å². The van der Waals surface area contributed by atoms with Crippen molar-refractivity contribution in [2.45, 2.75) is 58.0 Å². The first-order valence-electron chi connectivity index (χ1n) is 12.3. The van der Waals surface area contributed by atoms with Gasteiger partial charge in [-0.05, 0) is 65.4 Å². The fourth-order valence-corrected chi connectivity index (χ4v) is 4.88. The van der Waals surface area contributed by atoms with Crippen molar-refractivity contribution in [1.82, 2.24) is 24.8 Å². The van der Waals surface area contributed by atoms with E-state index >= 15 is 0 Å². The normalized spacial score (nSPS) is 14.5. The molecule has 7 nitrogen and oxygen atoms in total. The Kier molecular flexibility index (Phi) is 6.98. The Morgan fingerprint density at radius 3 is 2.68 bits per heavy atom. The summed E-state index contributed by atoms with van der Waals surface area (Å²) in [4.78, 5) is 12.5. The number of hydrogen-bond donors (Lipinski definition) is 0. The van der Waals surface area contributed by atoms with Crippen molar-refractivity contribution in [2.24, 2.45) is 5.92 Å². The zero-order valence-electron chi connectivity index (χ0n) is 19.5. The summed E-state index contributed by atoms with van der Waals surface area (Å²) in [6.07, 6.45) is 8.21. The zero-order valence-corrected chi connectivity index (χ0v) is 19.5. The number of rotatable bonds is 9. The minimum absolute atomic E-state index is 0.00373. The predicted molar refractivity (Wildman–Crippen MR) is 132 cm³/mol. The van der Waals surface area contributed by atoms with Gasteiger partial charge in [0.1, 0.15) is 5.75 Å². The van der Waals surface area contributed by atoms with E-state index in [4.69, 9.17) is 4.74 Å². The number of nitrogens with zero attached hydrogens (tertiary/aromatic N) is 5. The van der Waals surface area contributed by atoms with Crippen molar-refractivity contribution in [3.8, 4) is 5.75 Å². The Balaban J connectivity index is 1.19. The molecule has 1 saturated carbocycles. The van der Waals surface area contributed by atoms with Crippen molar-refractivity contribution in [3.05, 3.63) is 82.4 Å². The molecule has 2 aromatic heterocycles. The molecule has 176 valence electrons. The maximum Gasteiger partial charge on any atom is 0.251 e. The Morgan fingerprint density at radius 2 is 1.82 bits per heavy atom. The summed E-state index contributed by atoms with van der Waals surface area (Å²) in [7, 11) is 0. The maximum atomic E-state index is 12.5. The van der Waals surface area contributed by atoms with E-state index in [-0.39, 0.29) is 5.56 Å². The second-order valence-corrected chi connectivity index (χ2v) is 9.20. The highest BCUT2D eigenvalue weighted by Crippen LogP contribution is 2.25. The van der Waals surface area contributed by atoms with Gasteiger partial charge in [-0.3, -0.25) is 4.79 Å². The highest BCUT2D eigenvalue weighted by molar-refractivity contribution is 5.80. The van der Waals surface area contributed by atoms with Gasteiger partial charge in [0.25, 0.3) is 5.56 Å². The van der Waals surface area contributed by atoms with Crippen molar-refractivity contribution in [1.29, 1.82) is 0 Å². The Labute approximate surface area is 199 Å². The van der Waals surface area contributed by atoms with Crippen molar-refractivity contribution in [2.75, 3.05) is 6.61 Å². The number of ether oxygens (including phenoxy) is 1. The molecule has 0 unspecified atom stereocenters. The van der Waals surface area contributed by atoms with Crippen LogP contribution >= 0.6 is 0 Å². The number of hydrogen-bond acceptors (Lipinski definition) is 5. The zero-order chi connectivity index (χ0) is 23.2. The summed E-state index contributed by atoms with van der Waals surface area (Å²) < 4.78 is 9.82. The summed E-state index contributed by atoms with van der Waals surface area (Å²) in [5.41, 5.74) is 2.00. The fraction of sp³-hybridized carbons (Fsp3) is 0.407. The van der Waals surface area contributed by atoms with E-state index < -0.39 is 0 Å². The number of benzene rings is 2. The summed E-state index contributed by atoms with van der Waals surface area (Å²) in [5.74, 6) is 2.45. The molecular weight excluding hydrogens is 426 g/mol. The van der Waals surface area contributed by atoms with E-state index in [9.17, 15) is 4.79 Å². The standard InChI is InChI=1S/C27H31N5O2/c33-27-16-13-23-18-24(14-15-25(23)31(27)19-21-8-3-1-4-9-21)34-17-7-12-26-28-29-30-32(26)20-22-10-5-2-6-11-22/h1,3-4,8-9,13-16,18,22H,2,5-7,10-12,17,19-20H2. The van der Waals surface area contributed by atoms with E-state index in [0.717, 1.165) is 47.4 Å². The molecule has 0 spiro atoms. The molecule has 34 heavy (non-hydrogen) atoms. The molecule has 1 aliphatic carbocycles. The largest absolute Gasteiger partial charge is 0.494 e. The minimum Gasteiger partial charge on any atom is -0.494 e. The number of tetrazole rings is 1. The van der Waals surface area contributed by atoms with Crippen LogP contribution in [0.15, 0.2) is 65.5 Å². The summed E-state index contributed by atoms with van der Waals surface area (Å²) in [5, 5.41) is 13.3. The van der Waals surface area contributed by atoms with Gasteiger partial charge >= 0.3 is 0 Å². The molecular formula is C27H31N5O2. The van der Waals surface area contributed by atoms with Gasteiger partial charge in [-0.15, -0.1) is 5.10 Å². The molecule has 5 rings (SSSR count). The highest BCUT2D eigenvalue weighted by Gasteiger charge is 2.16. The molecule has 4 aromatic rings. The second-order valence-electron chi connectivity index (χ2n) is 9.20. The third kappa shape index (κ3) is 5.35. The molecule has 0 atom stereocenters. The number of pyridine rings is 1. The molecule has 0 bridgehead atoms. The highest BCUT2D eigenvalue weighted by atomic mass is 16.5. The van der Waals surface area contributed by atoms with Crippen LogP contribution in [0, 0.1) is 5.92 Å².